The molecule has 74 valence electrons. The zero-order chi connectivity index (χ0) is 10.0. The van der Waals surface area contributed by atoms with Crippen LogP contribution in [-0.4, -0.2) is 11.1 Å². The fourth-order valence-corrected chi connectivity index (χ4v) is 1.44. The summed E-state index contributed by atoms with van der Waals surface area (Å²) < 4.78 is 0. The monoisotopic (exact) mass is 183 g/mol. The van der Waals surface area contributed by atoms with Crippen LogP contribution in [0.5, 0.6) is 0 Å². The summed E-state index contributed by atoms with van der Waals surface area (Å²) in [7, 11) is 0. The quantitative estimate of drug-likeness (QED) is 0.709. The fourth-order valence-electron chi connectivity index (χ4n) is 1.44. The average Bonchev–Trinajstić information content (AvgIpc) is 2.69. The Morgan fingerprint density at radius 1 is 1.54 bits per heavy atom. The first-order valence-electron chi connectivity index (χ1n) is 4.78. The first kappa shape index (κ1) is 10.4. The molecule has 0 spiro atoms. The van der Waals surface area contributed by atoms with E-state index in [-0.39, 0.29) is 11.5 Å². The van der Waals surface area contributed by atoms with Gasteiger partial charge in [0, 0.05) is 17.2 Å². The molecule has 0 saturated carbocycles. The van der Waals surface area contributed by atoms with Crippen molar-refractivity contribution < 1.29 is 5.11 Å². The molecule has 0 saturated heterocycles. The minimum absolute atomic E-state index is 0.000511. The van der Waals surface area contributed by atoms with E-state index in [1.54, 1.807) is 6.92 Å². The lowest BCUT2D eigenvalue weighted by atomic mass is 10.0. The van der Waals surface area contributed by atoms with Gasteiger partial charge in [-0.15, -0.1) is 0 Å². The van der Waals surface area contributed by atoms with Crippen LogP contribution in [0.15, 0.2) is 4.79 Å². The molecule has 2 atom stereocenters. The smallest absolute Gasteiger partial charge is 0.188 e. The van der Waals surface area contributed by atoms with E-state index < -0.39 is 6.10 Å². The molecule has 1 aromatic carbocycles. The molecule has 13 heavy (non-hydrogen) atoms. The van der Waals surface area contributed by atoms with Crippen molar-refractivity contribution in [3.63, 3.8) is 0 Å². The predicted molar refractivity (Wildman–Crippen MR) is 52.3 cm³/mol. The minimum Gasteiger partial charge on any atom is -0.387 e. The SMILES string of the molecule is CCCCC(N)C(O)c1c(C)c1=O. The minimum atomic E-state index is -0.737. The topological polar surface area (TPSA) is 63.3 Å². The predicted octanol–water partition coefficient (Wildman–Crippen LogP) is 0.782. The molecule has 1 rings (SSSR count). The maximum absolute atomic E-state index is 10.9. The van der Waals surface area contributed by atoms with Gasteiger partial charge in [-0.1, -0.05) is 19.8 Å². The van der Waals surface area contributed by atoms with Crippen molar-refractivity contribution in [2.24, 2.45) is 5.73 Å². The average molecular weight is 183 g/mol. The molecule has 0 aliphatic carbocycles. The van der Waals surface area contributed by atoms with E-state index in [0.29, 0.717) is 11.1 Å². The molecule has 3 nitrogen and oxygen atoms in total. The van der Waals surface area contributed by atoms with Crippen LogP contribution in [0, 0.1) is 6.92 Å². The van der Waals surface area contributed by atoms with Gasteiger partial charge in [-0.05, 0) is 13.3 Å². The van der Waals surface area contributed by atoms with E-state index in [1.807, 2.05) is 0 Å². The first-order chi connectivity index (χ1) is 6.09. The lowest BCUT2D eigenvalue weighted by Gasteiger charge is -2.14. The van der Waals surface area contributed by atoms with Crippen molar-refractivity contribution in [2.45, 2.75) is 45.3 Å². The van der Waals surface area contributed by atoms with E-state index in [0.717, 1.165) is 19.3 Å². The van der Waals surface area contributed by atoms with Gasteiger partial charge in [0.25, 0.3) is 0 Å². The van der Waals surface area contributed by atoms with Crippen molar-refractivity contribution >= 4 is 0 Å². The van der Waals surface area contributed by atoms with Crippen LogP contribution in [-0.2, 0) is 0 Å². The Kier molecular flexibility index (Phi) is 3.22. The van der Waals surface area contributed by atoms with Gasteiger partial charge in [0.2, 0.25) is 0 Å². The molecule has 0 radical (unpaired) electrons. The molecule has 0 aliphatic rings. The number of aliphatic hydroxyl groups excluding tert-OH is 1. The lowest BCUT2D eigenvalue weighted by Crippen LogP contribution is -2.27. The van der Waals surface area contributed by atoms with Crippen LogP contribution in [0.2, 0.25) is 0 Å². The summed E-state index contributed by atoms with van der Waals surface area (Å²) in [6, 6.07) is -0.281. The number of unbranched alkanes of at least 4 members (excludes halogenated alkanes) is 1. The highest BCUT2D eigenvalue weighted by molar-refractivity contribution is 5.40. The largest absolute Gasteiger partial charge is 0.387 e. The molecule has 0 amide bonds. The van der Waals surface area contributed by atoms with Crippen LogP contribution in [0.4, 0.5) is 0 Å². The van der Waals surface area contributed by atoms with Crippen molar-refractivity contribution in [1.29, 1.82) is 0 Å². The van der Waals surface area contributed by atoms with E-state index in [2.05, 4.69) is 6.92 Å². The standard InChI is InChI=1S/C10H17NO2/c1-3-4-5-7(11)10(13)8-6(2)9(8)12/h7,10,13H,3-5,11H2,1-2H3. The maximum Gasteiger partial charge on any atom is 0.188 e. The molecular weight excluding hydrogens is 166 g/mol. The molecule has 0 heterocycles. The van der Waals surface area contributed by atoms with Gasteiger partial charge in [-0.2, -0.15) is 0 Å². The molecule has 0 bridgehead atoms. The van der Waals surface area contributed by atoms with Crippen LogP contribution in [0.1, 0.15) is 43.4 Å². The summed E-state index contributed by atoms with van der Waals surface area (Å²) in [5.41, 5.74) is 6.97. The number of hydrogen-bond acceptors (Lipinski definition) is 3. The number of aliphatic hydroxyl groups is 1. The summed E-state index contributed by atoms with van der Waals surface area (Å²) in [5.74, 6) is 0. The summed E-state index contributed by atoms with van der Waals surface area (Å²) in [4.78, 5) is 10.9. The van der Waals surface area contributed by atoms with Crippen molar-refractivity contribution in [2.75, 3.05) is 0 Å². The third-order valence-electron chi connectivity index (χ3n) is 2.52. The summed E-state index contributed by atoms with van der Waals surface area (Å²) >= 11 is 0. The van der Waals surface area contributed by atoms with Gasteiger partial charge in [-0.3, -0.25) is 4.79 Å². The molecular formula is C10H17NO2. The lowest BCUT2D eigenvalue weighted by molar-refractivity contribution is 0.143. The van der Waals surface area contributed by atoms with Gasteiger partial charge in [0.1, 0.15) is 0 Å². The first-order valence-corrected chi connectivity index (χ1v) is 4.78. The fraction of sp³-hybridized carbons (Fsp3) is 0.700. The van der Waals surface area contributed by atoms with Crippen LogP contribution < -0.4 is 11.2 Å². The highest BCUT2D eigenvalue weighted by atomic mass is 16.3. The Labute approximate surface area is 78.3 Å². The second-order valence-corrected chi connectivity index (χ2v) is 3.62. The Balaban J connectivity index is 2.44. The van der Waals surface area contributed by atoms with E-state index >= 15 is 0 Å². The number of nitrogens with two attached hydrogens (primary N) is 1. The van der Waals surface area contributed by atoms with Crippen molar-refractivity contribution in [3.05, 3.63) is 21.4 Å². The number of rotatable bonds is 5. The molecule has 1 aromatic rings. The Morgan fingerprint density at radius 2 is 2.08 bits per heavy atom. The molecule has 2 unspecified atom stereocenters. The maximum atomic E-state index is 10.9. The van der Waals surface area contributed by atoms with Crippen LogP contribution in [0.3, 0.4) is 0 Å². The third kappa shape index (κ3) is 2.17. The Bertz CT molecular complexity index is 286. The second-order valence-electron chi connectivity index (χ2n) is 3.62. The summed E-state index contributed by atoms with van der Waals surface area (Å²) in [6.45, 7) is 3.80. The van der Waals surface area contributed by atoms with Gasteiger partial charge in [0.15, 0.2) is 5.43 Å². The van der Waals surface area contributed by atoms with E-state index in [1.165, 1.54) is 0 Å². The molecule has 3 heteroatoms. The van der Waals surface area contributed by atoms with E-state index in [4.69, 9.17) is 5.73 Å². The van der Waals surface area contributed by atoms with Crippen LogP contribution in [0.25, 0.3) is 0 Å². The van der Waals surface area contributed by atoms with Gasteiger partial charge in [0.05, 0.1) is 6.10 Å². The third-order valence-corrected chi connectivity index (χ3v) is 2.52. The Hall–Kier alpha value is -0.670. The summed E-state index contributed by atoms with van der Waals surface area (Å²) in [6.07, 6.45) is 2.10. The molecule has 0 fully saturated rings. The zero-order valence-corrected chi connectivity index (χ0v) is 8.21. The molecule has 3 N–H and O–H groups in total. The van der Waals surface area contributed by atoms with Gasteiger partial charge < -0.3 is 10.8 Å². The van der Waals surface area contributed by atoms with Gasteiger partial charge >= 0.3 is 0 Å². The highest BCUT2D eigenvalue weighted by Gasteiger charge is 2.28. The Morgan fingerprint density at radius 3 is 2.46 bits per heavy atom. The van der Waals surface area contributed by atoms with Gasteiger partial charge in [-0.25, -0.2) is 0 Å². The highest BCUT2D eigenvalue weighted by Crippen LogP contribution is 2.22. The van der Waals surface area contributed by atoms with Crippen molar-refractivity contribution in [1.82, 2.24) is 0 Å². The normalized spacial score (nSPS) is 16.3. The van der Waals surface area contributed by atoms with E-state index in [9.17, 15) is 9.90 Å². The van der Waals surface area contributed by atoms with Crippen molar-refractivity contribution in [3.8, 4) is 0 Å². The molecule has 0 aromatic heterocycles. The zero-order valence-electron chi connectivity index (χ0n) is 8.21. The summed E-state index contributed by atoms with van der Waals surface area (Å²) in [5, 5.41) is 9.62. The molecule has 0 aliphatic heterocycles. The van der Waals surface area contributed by atoms with Crippen LogP contribution >= 0.6 is 0 Å². The number of hydrogen-bond donors (Lipinski definition) is 2. The second kappa shape index (κ2) is 4.03.